The van der Waals surface area contributed by atoms with Crippen molar-refractivity contribution in [1.82, 2.24) is 15.1 Å². The molecule has 0 unspecified atom stereocenters. The predicted molar refractivity (Wildman–Crippen MR) is 122 cm³/mol. The van der Waals surface area contributed by atoms with E-state index in [1.807, 2.05) is 11.9 Å². The Morgan fingerprint density at radius 2 is 1.93 bits per heavy atom. The Morgan fingerprint density at radius 3 is 2.48 bits per heavy atom. The quantitative estimate of drug-likeness (QED) is 0.304. The lowest BCUT2D eigenvalue weighted by atomic mass is 9.97. The van der Waals surface area contributed by atoms with Crippen LogP contribution < -0.4 is 10.1 Å². The zero-order chi connectivity index (χ0) is 20.4. The first-order valence-electron chi connectivity index (χ1n) is 9.68. The minimum absolute atomic E-state index is 0. The highest BCUT2D eigenvalue weighted by Gasteiger charge is 2.19. The Hall–Kier alpha value is -1.20. The van der Waals surface area contributed by atoms with Gasteiger partial charge < -0.3 is 24.6 Å². The van der Waals surface area contributed by atoms with Gasteiger partial charge in [-0.05, 0) is 49.5 Å². The molecule has 6 nitrogen and oxygen atoms in total. The van der Waals surface area contributed by atoms with Gasteiger partial charge in [-0.3, -0.25) is 4.99 Å². The molecule has 0 bridgehead atoms. The number of ether oxygens (including phenoxy) is 2. The van der Waals surface area contributed by atoms with Gasteiger partial charge in [0.25, 0.3) is 0 Å². The largest absolute Gasteiger partial charge is 0.435 e. The fraction of sp³-hybridized carbons (Fsp3) is 0.650. The summed E-state index contributed by atoms with van der Waals surface area (Å²) in [5, 5.41) is 3.46. The minimum atomic E-state index is -2.80. The van der Waals surface area contributed by atoms with E-state index < -0.39 is 6.61 Å². The van der Waals surface area contributed by atoms with E-state index in [4.69, 9.17) is 4.74 Å². The predicted octanol–water partition coefficient (Wildman–Crippen LogP) is 3.27. The standard InChI is InChI=1S/C20H32F2N4O2.HI/c1-23-20(24-14-16-8-10-26(11-9-16)12-13-27-3)25(2)15-17-4-6-18(7-5-17)28-19(21)22;/h4-7,16,19H,8-15H2,1-3H3,(H,23,24);1H. The van der Waals surface area contributed by atoms with Crippen molar-refractivity contribution in [2.24, 2.45) is 10.9 Å². The maximum absolute atomic E-state index is 12.2. The summed E-state index contributed by atoms with van der Waals surface area (Å²) < 4.78 is 34.0. The van der Waals surface area contributed by atoms with Gasteiger partial charge in [0.15, 0.2) is 5.96 Å². The third-order valence-electron chi connectivity index (χ3n) is 5.01. The Balaban J connectivity index is 0.00000420. The van der Waals surface area contributed by atoms with Crippen LogP contribution in [0, 0.1) is 5.92 Å². The minimum Gasteiger partial charge on any atom is -0.435 e. The molecule has 1 heterocycles. The number of rotatable bonds is 9. The zero-order valence-corrected chi connectivity index (χ0v) is 19.8. The highest BCUT2D eigenvalue weighted by molar-refractivity contribution is 14.0. The Labute approximate surface area is 189 Å². The number of aliphatic imine (C=N–C) groups is 1. The number of methoxy groups -OCH3 is 1. The van der Waals surface area contributed by atoms with E-state index in [-0.39, 0.29) is 29.7 Å². The first-order valence-corrected chi connectivity index (χ1v) is 9.68. The fourth-order valence-electron chi connectivity index (χ4n) is 3.38. The summed E-state index contributed by atoms with van der Waals surface area (Å²) in [5.41, 5.74) is 0.999. The first-order chi connectivity index (χ1) is 13.5. The van der Waals surface area contributed by atoms with Crippen molar-refractivity contribution in [2.75, 3.05) is 54.0 Å². The number of guanidine groups is 1. The summed E-state index contributed by atoms with van der Waals surface area (Å²) in [6, 6.07) is 6.69. The van der Waals surface area contributed by atoms with E-state index in [0.29, 0.717) is 12.5 Å². The number of likely N-dealkylation sites (tertiary alicyclic amines) is 1. The smallest absolute Gasteiger partial charge is 0.387 e. The lowest BCUT2D eigenvalue weighted by Crippen LogP contribution is -2.43. The van der Waals surface area contributed by atoms with E-state index in [1.54, 1.807) is 38.4 Å². The summed E-state index contributed by atoms with van der Waals surface area (Å²) >= 11 is 0. The van der Waals surface area contributed by atoms with Gasteiger partial charge in [0, 0.05) is 40.8 Å². The van der Waals surface area contributed by atoms with Gasteiger partial charge in [0.2, 0.25) is 0 Å². The SMILES string of the molecule is CN=C(NCC1CCN(CCOC)CC1)N(C)Cc1ccc(OC(F)F)cc1.I. The maximum atomic E-state index is 12.2. The molecule has 0 radical (unpaired) electrons. The molecule has 0 atom stereocenters. The summed E-state index contributed by atoms with van der Waals surface area (Å²) in [5.74, 6) is 1.63. The van der Waals surface area contributed by atoms with Crippen molar-refractivity contribution >= 4 is 29.9 Å². The summed E-state index contributed by atoms with van der Waals surface area (Å²) in [6.45, 7) is 2.73. The molecule has 9 heteroatoms. The molecule has 0 saturated carbocycles. The van der Waals surface area contributed by atoms with Crippen molar-refractivity contribution in [1.29, 1.82) is 0 Å². The van der Waals surface area contributed by atoms with Crippen LogP contribution in [-0.4, -0.2) is 76.4 Å². The number of hydrogen-bond acceptors (Lipinski definition) is 4. The lowest BCUT2D eigenvalue weighted by Gasteiger charge is -2.32. The van der Waals surface area contributed by atoms with E-state index in [1.165, 1.54) is 12.8 Å². The summed E-state index contributed by atoms with van der Waals surface area (Å²) in [4.78, 5) is 8.83. The average Bonchev–Trinajstić information content (AvgIpc) is 2.69. The number of piperidine rings is 1. The molecule has 1 aromatic carbocycles. The third-order valence-corrected chi connectivity index (χ3v) is 5.01. The molecule has 1 fully saturated rings. The molecular weight excluding hydrogens is 493 g/mol. The summed E-state index contributed by atoms with van der Waals surface area (Å²) in [6.07, 6.45) is 2.34. The van der Waals surface area contributed by atoms with Crippen LogP contribution >= 0.6 is 24.0 Å². The molecular formula is C20H33F2IN4O2. The normalized spacial score (nSPS) is 15.9. The lowest BCUT2D eigenvalue weighted by molar-refractivity contribution is -0.0498. The van der Waals surface area contributed by atoms with Crippen LogP contribution in [0.1, 0.15) is 18.4 Å². The molecule has 0 aromatic heterocycles. The van der Waals surface area contributed by atoms with Crippen LogP contribution in [0.3, 0.4) is 0 Å². The molecule has 2 rings (SSSR count). The van der Waals surface area contributed by atoms with Gasteiger partial charge in [0.05, 0.1) is 6.61 Å². The Bertz CT molecular complexity index is 597. The van der Waals surface area contributed by atoms with Crippen molar-refractivity contribution < 1.29 is 18.3 Å². The molecule has 1 aromatic rings. The topological polar surface area (TPSA) is 49.3 Å². The molecule has 166 valence electrons. The Kier molecular flexibility index (Phi) is 12.4. The second-order valence-corrected chi connectivity index (χ2v) is 7.08. The van der Waals surface area contributed by atoms with Gasteiger partial charge in [-0.2, -0.15) is 8.78 Å². The van der Waals surface area contributed by atoms with Crippen molar-refractivity contribution in [3.05, 3.63) is 29.8 Å². The van der Waals surface area contributed by atoms with Crippen LogP contribution in [0.5, 0.6) is 5.75 Å². The second-order valence-electron chi connectivity index (χ2n) is 7.08. The first kappa shape index (κ1) is 25.8. The van der Waals surface area contributed by atoms with Crippen molar-refractivity contribution in [3.63, 3.8) is 0 Å². The maximum Gasteiger partial charge on any atom is 0.387 e. The highest BCUT2D eigenvalue weighted by atomic mass is 127. The number of alkyl halides is 2. The molecule has 1 saturated heterocycles. The van der Waals surface area contributed by atoms with E-state index in [0.717, 1.165) is 44.3 Å². The van der Waals surface area contributed by atoms with E-state index in [2.05, 4.69) is 19.9 Å². The number of hydrogen-bond donors (Lipinski definition) is 1. The van der Waals surface area contributed by atoms with Crippen LogP contribution in [0.25, 0.3) is 0 Å². The van der Waals surface area contributed by atoms with E-state index >= 15 is 0 Å². The summed E-state index contributed by atoms with van der Waals surface area (Å²) in [7, 11) is 5.47. The number of nitrogens with zero attached hydrogens (tertiary/aromatic N) is 3. The fourth-order valence-corrected chi connectivity index (χ4v) is 3.38. The second kappa shape index (κ2) is 13.9. The number of nitrogens with one attached hydrogen (secondary N) is 1. The monoisotopic (exact) mass is 526 g/mol. The third kappa shape index (κ3) is 9.43. The van der Waals surface area contributed by atoms with Crippen molar-refractivity contribution in [3.8, 4) is 5.75 Å². The molecule has 0 amide bonds. The zero-order valence-electron chi connectivity index (χ0n) is 17.4. The molecule has 1 N–H and O–H groups in total. The van der Waals surface area contributed by atoms with Crippen LogP contribution in [-0.2, 0) is 11.3 Å². The van der Waals surface area contributed by atoms with Gasteiger partial charge in [-0.1, -0.05) is 12.1 Å². The number of benzene rings is 1. The van der Waals surface area contributed by atoms with Gasteiger partial charge in [-0.15, -0.1) is 24.0 Å². The van der Waals surface area contributed by atoms with E-state index in [9.17, 15) is 8.78 Å². The average molecular weight is 526 g/mol. The van der Waals surface area contributed by atoms with Crippen LogP contribution in [0.15, 0.2) is 29.3 Å². The number of halogens is 3. The van der Waals surface area contributed by atoms with Gasteiger partial charge >= 0.3 is 6.61 Å². The highest BCUT2D eigenvalue weighted by Crippen LogP contribution is 2.17. The Morgan fingerprint density at radius 1 is 1.28 bits per heavy atom. The molecule has 0 spiro atoms. The van der Waals surface area contributed by atoms with Crippen LogP contribution in [0.4, 0.5) is 8.78 Å². The molecule has 1 aliphatic rings. The van der Waals surface area contributed by atoms with Gasteiger partial charge in [0.1, 0.15) is 5.75 Å². The molecule has 0 aliphatic carbocycles. The van der Waals surface area contributed by atoms with Gasteiger partial charge in [-0.25, -0.2) is 0 Å². The van der Waals surface area contributed by atoms with Crippen LogP contribution in [0.2, 0.25) is 0 Å². The molecule has 29 heavy (non-hydrogen) atoms. The van der Waals surface area contributed by atoms with Crippen molar-refractivity contribution in [2.45, 2.75) is 26.0 Å². The molecule has 1 aliphatic heterocycles.